The van der Waals surface area contributed by atoms with E-state index < -0.39 is 24.1 Å². The summed E-state index contributed by atoms with van der Waals surface area (Å²) in [7, 11) is 0. The number of alkyl halides is 1. The summed E-state index contributed by atoms with van der Waals surface area (Å²) in [5.74, 6) is -1.45. The quantitative estimate of drug-likeness (QED) is 0.365. The van der Waals surface area contributed by atoms with E-state index in [4.69, 9.17) is 11.6 Å². The molecule has 0 aromatic heterocycles. The van der Waals surface area contributed by atoms with E-state index in [0.29, 0.717) is 12.3 Å². The molecular weight excluding hydrogens is 196 g/mol. The fourth-order valence-electron chi connectivity index (χ4n) is 0.614. The van der Waals surface area contributed by atoms with Crippen molar-refractivity contribution in [3.05, 3.63) is 0 Å². The van der Waals surface area contributed by atoms with Crippen LogP contribution in [0.5, 0.6) is 0 Å². The zero-order valence-corrected chi connectivity index (χ0v) is 8.10. The predicted octanol–water partition coefficient (Wildman–Crippen LogP) is 0.707. The second-order valence-electron chi connectivity index (χ2n) is 2.42. The third kappa shape index (κ3) is 6.28. The molecule has 0 radical (unpaired) electrons. The largest absolute Gasteiger partial charge is 0.457 e. The van der Waals surface area contributed by atoms with Crippen molar-refractivity contribution < 1.29 is 19.1 Å². The van der Waals surface area contributed by atoms with Gasteiger partial charge in [0.25, 0.3) is 0 Å². The van der Waals surface area contributed by atoms with Crippen molar-refractivity contribution in [1.82, 2.24) is 0 Å². The first-order valence-electron chi connectivity index (χ1n) is 3.83. The molecule has 0 saturated carbocycles. The van der Waals surface area contributed by atoms with Crippen LogP contribution in [-0.2, 0) is 19.1 Å². The smallest absolute Gasteiger partial charge is 0.303 e. The van der Waals surface area contributed by atoms with Crippen LogP contribution in [0.15, 0.2) is 0 Å². The summed E-state index contributed by atoms with van der Waals surface area (Å²) in [5.41, 5.74) is 0. The zero-order chi connectivity index (χ0) is 10.3. The number of esters is 1. The summed E-state index contributed by atoms with van der Waals surface area (Å²) in [4.78, 5) is 32.1. The molecule has 0 aromatic rings. The zero-order valence-electron chi connectivity index (χ0n) is 7.34. The molecule has 13 heavy (non-hydrogen) atoms. The molecule has 0 fully saturated rings. The van der Waals surface area contributed by atoms with Gasteiger partial charge in [-0.3, -0.25) is 14.4 Å². The molecule has 0 amide bonds. The van der Waals surface area contributed by atoms with Gasteiger partial charge in [0.2, 0.25) is 11.6 Å². The van der Waals surface area contributed by atoms with E-state index in [1.807, 2.05) is 0 Å². The minimum atomic E-state index is -0.680. The minimum Gasteiger partial charge on any atom is -0.457 e. The summed E-state index contributed by atoms with van der Waals surface area (Å²) >= 11 is 5.33. The van der Waals surface area contributed by atoms with Crippen molar-refractivity contribution in [2.75, 3.05) is 12.5 Å². The van der Waals surface area contributed by atoms with Gasteiger partial charge in [-0.1, -0.05) is 0 Å². The van der Waals surface area contributed by atoms with Gasteiger partial charge in [0.05, 0.1) is 0 Å². The third-order valence-corrected chi connectivity index (χ3v) is 1.52. The molecule has 0 aromatic carbocycles. The van der Waals surface area contributed by atoms with Crippen LogP contribution < -0.4 is 0 Å². The lowest BCUT2D eigenvalue weighted by Crippen LogP contribution is -2.21. The molecule has 0 spiro atoms. The number of carbonyl (C=O) groups excluding carboxylic acids is 3. The van der Waals surface area contributed by atoms with Crippen LogP contribution in [0.2, 0.25) is 0 Å². The second-order valence-corrected chi connectivity index (χ2v) is 2.80. The van der Waals surface area contributed by atoms with Crippen LogP contribution in [0, 0.1) is 0 Å². The Labute approximate surface area is 81.2 Å². The normalized spacial score (nSPS) is 9.38. The molecule has 0 aliphatic carbocycles. The van der Waals surface area contributed by atoms with Gasteiger partial charge in [-0.05, 0) is 6.42 Å². The topological polar surface area (TPSA) is 60.4 Å². The first-order valence-corrected chi connectivity index (χ1v) is 4.36. The van der Waals surface area contributed by atoms with Crippen LogP contribution >= 0.6 is 11.6 Å². The van der Waals surface area contributed by atoms with Gasteiger partial charge in [0, 0.05) is 19.2 Å². The maximum Gasteiger partial charge on any atom is 0.303 e. The molecule has 0 rings (SSSR count). The minimum absolute atomic E-state index is 0.115. The molecule has 0 aliphatic rings. The van der Waals surface area contributed by atoms with Crippen LogP contribution in [0.25, 0.3) is 0 Å². The summed E-state index contributed by atoms with van der Waals surface area (Å²) in [6.45, 7) is 0.715. The molecule has 0 heterocycles. The van der Waals surface area contributed by atoms with Crippen molar-refractivity contribution in [3.63, 3.8) is 0 Å². The number of Topliss-reactive ketones (excluding diaryl/α,β-unsaturated/α-hetero) is 2. The molecular formula is C8H11ClO4. The predicted molar refractivity (Wildman–Crippen MR) is 46.6 cm³/mol. The number of ether oxygens (including phenoxy) is 1. The number of hydrogen-bond acceptors (Lipinski definition) is 4. The lowest BCUT2D eigenvalue weighted by atomic mass is 10.2. The summed E-state index contributed by atoms with van der Waals surface area (Å²) < 4.78 is 4.36. The molecule has 4 nitrogen and oxygen atoms in total. The van der Waals surface area contributed by atoms with E-state index in [1.54, 1.807) is 0 Å². The van der Waals surface area contributed by atoms with Gasteiger partial charge >= 0.3 is 5.97 Å². The molecule has 0 atom stereocenters. The molecule has 0 saturated heterocycles. The van der Waals surface area contributed by atoms with Crippen molar-refractivity contribution >= 4 is 29.1 Å². The Morgan fingerprint density at radius 2 is 1.85 bits per heavy atom. The Kier molecular flexibility index (Phi) is 6.14. The van der Waals surface area contributed by atoms with E-state index in [-0.39, 0.29) is 6.42 Å². The standard InChI is InChI=1S/C8H11ClO4/c1-6(10)13-5-8(12)7(11)3-2-4-9/h2-5H2,1H3. The van der Waals surface area contributed by atoms with Crippen LogP contribution in [-0.4, -0.2) is 30.0 Å². The van der Waals surface area contributed by atoms with Crippen LogP contribution in [0.1, 0.15) is 19.8 Å². The van der Waals surface area contributed by atoms with E-state index in [9.17, 15) is 14.4 Å². The highest BCUT2D eigenvalue weighted by molar-refractivity contribution is 6.38. The number of ketones is 2. The van der Waals surface area contributed by atoms with Crippen molar-refractivity contribution in [2.45, 2.75) is 19.8 Å². The van der Waals surface area contributed by atoms with Gasteiger partial charge in [-0.25, -0.2) is 0 Å². The summed E-state index contributed by atoms with van der Waals surface area (Å²) in [5, 5.41) is 0. The van der Waals surface area contributed by atoms with Gasteiger partial charge in [-0.2, -0.15) is 0 Å². The fourth-order valence-corrected chi connectivity index (χ4v) is 0.748. The Hall–Kier alpha value is -0.900. The van der Waals surface area contributed by atoms with Gasteiger partial charge in [-0.15, -0.1) is 11.6 Å². The molecule has 74 valence electrons. The first-order chi connectivity index (χ1) is 6.07. The lowest BCUT2D eigenvalue weighted by Gasteiger charge is -1.99. The van der Waals surface area contributed by atoms with Crippen molar-refractivity contribution in [3.8, 4) is 0 Å². The fraction of sp³-hybridized carbons (Fsp3) is 0.625. The molecule has 0 N–H and O–H groups in total. The average Bonchev–Trinajstić information content (AvgIpc) is 2.10. The van der Waals surface area contributed by atoms with Crippen LogP contribution in [0.3, 0.4) is 0 Å². The average molecular weight is 207 g/mol. The monoisotopic (exact) mass is 206 g/mol. The molecule has 0 bridgehead atoms. The maximum atomic E-state index is 10.9. The molecule has 5 heteroatoms. The molecule has 0 aliphatic heterocycles. The Bertz CT molecular complexity index is 212. The Morgan fingerprint density at radius 1 is 1.23 bits per heavy atom. The second kappa shape index (κ2) is 6.60. The Morgan fingerprint density at radius 3 is 2.31 bits per heavy atom. The highest BCUT2D eigenvalue weighted by Gasteiger charge is 2.13. The van der Waals surface area contributed by atoms with E-state index >= 15 is 0 Å². The highest BCUT2D eigenvalue weighted by atomic mass is 35.5. The SMILES string of the molecule is CC(=O)OCC(=O)C(=O)CCCCl. The third-order valence-electron chi connectivity index (χ3n) is 1.25. The van der Waals surface area contributed by atoms with Crippen molar-refractivity contribution in [2.24, 2.45) is 0 Å². The number of rotatable bonds is 6. The lowest BCUT2D eigenvalue weighted by molar-refractivity contribution is -0.148. The number of carbonyl (C=O) groups is 3. The van der Waals surface area contributed by atoms with Crippen molar-refractivity contribution in [1.29, 1.82) is 0 Å². The van der Waals surface area contributed by atoms with E-state index in [0.717, 1.165) is 0 Å². The van der Waals surface area contributed by atoms with Gasteiger partial charge < -0.3 is 4.74 Å². The first kappa shape index (κ1) is 12.1. The van der Waals surface area contributed by atoms with Gasteiger partial charge in [0.15, 0.2) is 6.61 Å². The number of hydrogen-bond donors (Lipinski definition) is 0. The van der Waals surface area contributed by atoms with Gasteiger partial charge in [0.1, 0.15) is 0 Å². The summed E-state index contributed by atoms with van der Waals surface area (Å²) in [6, 6.07) is 0. The number of halogens is 1. The molecule has 0 unspecified atom stereocenters. The summed E-state index contributed by atoms with van der Waals surface area (Å²) in [6.07, 6.45) is 0.579. The highest BCUT2D eigenvalue weighted by Crippen LogP contribution is 1.95. The van der Waals surface area contributed by atoms with E-state index in [2.05, 4.69) is 4.74 Å². The maximum absolute atomic E-state index is 10.9. The van der Waals surface area contributed by atoms with E-state index in [1.165, 1.54) is 6.92 Å². The Balaban J connectivity index is 3.70. The van der Waals surface area contributed by atoms with Crippen LogP contribution in [0.4, 0.5) is 0 Å².